The van der Waals surface area contributed by atoms with Crippen molar-refractivity contribution in [3.8, 4) is 0 Å². The number of aryl methyl sites for hydroxylation is 1. The lowest BCUT2D eigenvalue weighted by Crippen LogP contribution is -2.52. The smallest absolute Gasteiger partial charge is 0.264 e. The molecule has 0 aliphatic heterocycles. The van der Waals surface area contributed by atoms with Gasteiger partial charge in [0.15, 0.2) is 0 Å². The van der Waals surface area contributed by atoms with Crippen molar-refractivity contribution in [3.63, 3.8) is 0 Å². The van der Waals surface area contributed by atoms with Gasteiger partial charge in [0.2, 0.25) is 11.8 Å². The Hall–Kier alpha value is -2.78. The van der Waals surface area contributed by atoms with Crippen molar-refractivity contribution in [3.05, 3.63) is 92.9 Å². The Morgan fingerprint density at radius 2 is 1.56 bits per heavy atom. The second kappa shape index (κ2) is 13.5. The summed E-state index contributed by atoms with van der Waals surface area (Å²) in [6, 6.07) is 16.8. The lowest BCUT2D eigenvalue weighted by molar-refractivity contribution is -0.140. The summed E-state index contributed by atoms with van der Waals surface area (Å²) in [5, 5.41) is 3.57. The molecule has 0 saturated heterocycles. The topological polar surface area (TPSA) is 86.8 Å². The SMILES string of the molecule is CCNC(=O)C(CC)N(Cc1ccc(Cl)c(Cl)c1)C(=O)CN(c1ccccc1Cl)S(=O)(=O)c1ccc(C)cc1. The molecule has 3 aromatic carbocycles. The third-order valence-corrected chi connectivity index (χ3v) is 8.92. The van der Waals surface area contributed by atoms with E-state index in [0.29, 0.717) is 28.6 Å². The summed E-state index contributed by atoms with van der Waals surface area (Å²) in [6.45, 7) is 5.20. The molecule has 1 atom stereocenters. The van der Waals surface area contributed by atoms with Gasteiger partial charge in [0.05, 0.1) is 25.7 Å². The fraction of sp³-hybridized carbons (Fsp3) is 0.286. The fourth-order valence-electron chi connectivity index (χ4n) is 4.05. The van der Waals surface area contributed by atoms with Crippen LogP contribution >= 0.6 is 34.8 Å². The van der Waals surface area contributed by atoms with E-state index < -0.39 is 28.5 Å². The molecule has 0 aliphatic rings. The summed E-state index contributed by atoms with van der Waals surface area (Å²) in [6.07, 6.45) is 0.301. The van der Waals surface area contributed by atoms with Crippen LogP contribution in [0.15, 0.2) is 71.6 Å². The van der Waals surface area contributed by atoms with E-state index >= 15 is 0 Å². The summed E-state index contributed by atoms with van der Waals surface area (Å²) in [7, 11) is -4.21. The molecule has 11 heteroatoms. The van der Waals surface area contributed by atoms with E-state index in [-0.39, 0.29) is 28.1 Å². The summed E-state index contributed by atoms with van der Waals surface area (Å²) >= 11 is 18.7. The van der Waals surface area contributed by atoms with E-state index in [9.17, 15) is 18.0 Å². The Kier molecular flexibility index (Phi) is 10.7. The van der Waals surface area contributed by atoms with Crippen molar-refractivity contribution in [2.45, 2.75) is 44.7 Å². The zero-order valence-electron chi connectivity index (χ0n) is 21.8. The van der Waals surface area contributed by atoms with E-state index in [1.807, 2.05) is 6.92 Å². The van der Waals surface area contributed by atoms with Crippen LogP contribution < -0.4 is 9.62 Å². The third-order valence-electron chi connectivity index (χ3n) is 6.08. The fourth-order valence-corrected chi connectivity index (χ4v) is 6.09. The minimum atomic E-state index is -4.21. The number of rotatable bonds is 11. The number of para-hydroxylation sites is 1. The van der Waals surface area contributed by atoms with E-state index in [1.165, 1.54) is 23.1 Å². The van der Waals surface area contributed by atoms with Crippen molar-refractivity contribution >= 4 is 62.3 Å². The van der Waals surface area contributed by atoms with Crippen molar-refractivity contribution in [1.82, 2.24) is 10.2 Å². The minimum Gasteiger partial charge on any atom is -0.355 e. The van der Waals surface area contributed by atoms with Gasteiger partial charge in [-0.2, -0.15) is 0 Å². The van der Waals surface area contributed by atoms with Gasteiger partial charge in [0.1, 0.15) is 12.6 Å². The molecule has 0 radical (unpaired) electrons. The Labute approximate surface area is 244 Å². The lowest BCUT2D eigenvalue weighted by atomic mass is 10.1. The number of hydrogen-bond acceptors (Lipinski definition) is 4. The molecule has 39 heavy (non-hydrogen) atoms. The van der Waals surface area contributed by atoms with Crippen LogP contribution in [-0.2, 0) is 26.2 Å². The van der Waals surface area contributed by atoms with Crippen molar-refractivity contribution in [1.29, 1.82) is 0 Å². The number of sulfonamides is 1. The minimum absolute atomic E-state index is 0.00625. The molecule has 0 aromatic heterocycles. The third kappa shape index (κ3) is 7.45. The van der Waals surface area contributed by atoms with Gasteiger partial charge in [-0.3, -0.25) is 13.9 Å². The van der Waals surface area contributed by atoms with Gasteiger partial charge in [-0.05, 0) is 62.2 Å². The number of nitrogens with one attached hydrogen (secondary N) is 1. The van der Waals surface area contributed by atoms with Crippen LogP contribution in [-0.4, -0.2) is 44.3 Å². The first-order valence-electron chi connectivity index (χ1n) is 12.3. The maximum absolute atomic E-state index is 14.0. The molecular weight excluding hydrogens is 581 g/mol. The van der Waals surface area contributed by atoms with Crippen LogP contribution in [0.5, 0.6) is 0 Å². The lowest BCUT2D eigenvalue weighted by Gasteiger charge is -2.33. The highest BCUT2D eigenvalue weighted by molar-refractivity contribution is 7.92. The Morgan fingerprint density at radius 3 is 2.15 bits per heavy atom. The highest BCUT2D eigenvalue weighted by atomic mass is 35.5. The largest absolute Gasteiger partial charge is 0.355 e. The molecule has 0 saturated carbocycles. The molecule has 1 N–H and O–H groups in total. The van der Waals surface area contributed by atoms with Crippen LogP contribution in [0.2, 0.25) is 15.1 Å². The van der Waals surface area contributed by atoms with Gasteiger partial charge < -0.3 is 10.2 Å². The van der Waals surface area contributed by atoms with Crippen molar-refractivity contribution < 1.29 is 18.0 Å². The van der Waals surface area contributed by atoms with Crippen LogP contribution in [0.1, 0.15) is 31.4 Å². The zero-order valence-corrected chi connectivity index (χ0v) is 24.9. The predicted octanol–water partition coefficient (Wildman–Crippen LogP) is 6.09. The highest BCUT2D eigenvalue weighted by Gasteiger charge is 2.34. The number of carbonyl (C=O) groups excluding carboxylic acids is 2. The molecule has 2 amide bonds. The summed E-state index contributed by atoms with van der Waals surface area (Å²) in [5.41, 5.74) is 1.66. The van der Waals surface area contributed by atoms with Gasteiger partial charge in [-0.25, -0.2) is 8.42 Å². The number of hydrogen-bond donors (Lipinski definition) is 1. The van der Waals surface area contributed by atoms with Gasteiger partial charge in [-0.15, -0.1) is 0 Å². The number of likely N-dealkylation sites (N-methyl/N-ethyl adjacent to an activating group) is 1. The second-order valence-electron chi connectivity index (χ2n) is 8.86. The number of anilines is 1. The Morgan fingerprint density at radius 1 is 0.897 bits per heavy atom. The molecule has 3 aromatic rings. The highest BCUT2D eigenvalue weighted by Crippen LogP contribution is 2.31. The maximum atomic E-state index is 14.0. The summed E-state index contributed by atoms with van der Waals surface area (Å²) in [4.78, 5) is 28.3. The van der Waals surface area contributed by atoms with Gasteiger partial charge >= 0.3 is 0 Å². The number of benzene rings is 3. The monoisotopic (exact) mass is 609 g/mol. The second-order valence-corrected chi connectivity index (χ2v) is 11.9. The molecule has 3 rings (SSSR count). The Balaban J connectivity index is 2.08. The standard InChI is InChI=1S/C28H30Cl3N3O4S/c1-4-25(28(36)32-5-2)33(17-20-12-15-22(29)24(31)16-20)27(35)18-34(26-9-7-6-8-23(26)30)39(37,38)21-13-10-19(3)11-14-21/h6-16,25H,4-5,17-18H2,1-3H3,(H,32,36). The average Bonchev–Trinajstić information content (AvgIpc) is 2.90. The molecule has 208 valence electrons. The van der Waals surface area contributed by atoms with Crippen LogP contribution in [0, 0.1) is 6.92 Å². The molecule has 0 fully saturated rings. The molecule has 0 bridgehead atoms. The van der Waals surface area contributed by atoms with Gasteiger partial charge in [0.25, 0.3) is 10.0 Å². The number of amides is 2. The maximum Gasteiger partial charge on any atom is 0.264 e. The average molecular weight is 611 g/mol. The van der Waals surface area contributed by atoms with E-state index in [1.54, 1.807) is 62.4 Å². The molecule has 1 unspecified atom stereocenters. The first-order chi connectivity index (χ1) is 18.5. The van der Waals surface area contributed by atoms with Crippen LogP contribution in [0.3, 0.4) is 0 Å². The first-order valence-corrected chi connectivity index (χ1v) is 14.9. The van der Waals surface area contributed by atoms with Crippen LogP contribution in [0.4, 0.5) is 5.69 Å². The molecule has 0 heterocycles. The van der Waals surface area contributed by atoms with Crippen molar-refractivity contribution in [2.24, 2.45) is 0 Å². The number of halogens is 3. The molecule has 0 spiro atoms. The van der Waals surface area contributed by atoms with Gasteiger partial charge in [0, 0.05) is 13.1 Å². The normalized spacial score (nSPS) is 12.1. The number of nitrogens with zero attached hydrogens (tertiary/aromatic N) is 2. The van der Waals surface area contributed by atoms with E-state index in [0.717, 1.165) is 9.87 Å². The van der Waals surface area contributed by atoms with Crippen LogP contribution in [0.25, 0.3) is 0 Å². The van der Waals surface area contributed by atoms with E-state index in [2.05, 4.69) is 5.32 Å². The molecular formula is C28H30Cl3N3O4S. The number of carbonyl (C=O) groups is 2. The quantitative estimate of drug-likeness (QED) is 0.285. The first kappa shape index (κ1) is 30.8. The molecule has 0 aliphatic carbocycles. The summed E-state index contributed by atoms with van der Waals surface area (Å²) < 4.78 is 28.7. The van der Waals surface area contributed by atoms with Crippen molar-refractivity contribution in [2.75, 3.05) is 17.4 Å². The predicted molar refractivity (Wildman–Crippen MR) is 157 cm³/mol. The molecule has 7 nitrogen and oxygen atoms in total. The van der Waals surface area contributed by atoms with E-state index in [4.69, 9.17) is 34.8 Å². The summed E-state index contributed by atoms with van der Waals surface area (Å²) in [5.74, 6) is -0.936. The van der Waals surface area contributed by atoms with Gasteiger partial charge in [-0.1, -0.05) is 77.6 Å². The zero-order chi connectivity index (χ0) is 28.7. The Bertz CT molecular complexity index is 1430.